The second kappa shape index (κ2) is 16.1. The first-order valence-electron chi connectivity index (χ1n) is 17.5. The Balaban J connectivity index is 1.28. The summed E-state index contributed by atoms with van der Waals surface area (Å²) < 4.78 is 13.8. The highest BCUT2D eigenvalue weighted by molar-refractivity contribution is 5.96. The fourth-order valence-corrected chi connectivity index (χ4v) is 7.22. The quantitative estimate of drug-likeness (QED) is 0.0635. The molecule has 15 nitrogen and oxygen atoms in total. The highest BCUT2D eigenvalue weighted by Crippen LogP contribution is 2.31. The van der Waals surface area contributed by atoms with Gasteiger partial charge in [-0.2, -0.15) is 0 Å². The van der Waals surface area contributed by atoms with E-state index in [0.717, 1.165) is 27.6 Å². The first kappa shape index (κ1) is 37.3. The average Bonchev–Trinajstić information content (AvgIpc) is 3.52. The summed E-state index contributed by atoms with van der Waals surface area (Å²) in [5.74, 6) is -3.94. The van der Waals surface area contributed by atoms with Crippen LogP contribution in [0.15, 0.2) is 77.8 Å². The van der Waals surface area contributed by atoms with E-state index in [2.05, 4.69) is 20.6 Å². The molecule has 0 saturated heterocycles. The number of fused-ring (bicyclic) bond motifs is 4. The predicted molar refractivity (Wildman–Crippen MR) is 197 cm³/mol. The van der Waals surface area contributed by atoms with E-state index in [0.29, 0.717) is 11.3 Å². The molecule has 3 heterocycles. The van der Waals surface area contributed by atoms with Gasteiger partial charge in [0.25, 0.3) is 0 Å². The number of hydrogen-bond donors (Lipinski definition) is 7. The second-order valence-electron chi connectivity index (χ2n) is 13.5. The lowest BCUT2D eigenvalue weighted by atomic mass is 9.93. The molecule has 10 N–H and O–H groups in total. The number of benzene rings is 3. The number of hydrogen-bond acceptors (Lipinski definition) is 6. The summed E-state index contributed by atoms with van der Waals surface area (Å²) in [6.45, 7) is 0.156. The topological polar surface area (TPSA) is 242 Å². The summed E-state index contributed by atoms with van der Waals surface area (Å²) in [7, 11) is 0. The molecule has 1 aromatic heterocycles. The maximum absolute atomic E-state index is 14.4. The number of aromatic amines is 1. The Morgan fingerprint density at radius 3 is 2.26 bits per heavy atom. The number of nitrogens with two attached hydrogens (primary N) is 3. The summed E-state index contributed by atoms with van der Waals surface area (Å²) in [5.41, 5.74) is 21.2. The number of amides is 5. The molecule has 2 aliphatic heterocycles. The van der Waals surface area contributed by atoms with Gasteiger partial charge in [0.15, 0.2) is 5.96 Å². The number of aliphatic carboxylic acids is 1. The van der Waals surface area contributed by atoms with Crippen LogP contribution in [-0.2, 0) is 51.5 Å². The van der Waals surface area contributed by atoms with Gasteiger partial charge in [-0.15, -0.1) is 0 Å². The van der Waals surface area contributed by atoms with Crippen LogP contribution in [0.4, 0.5) is 9.18 Å². The Morgan fingerprint density at radius 1 is 0.852 bits per heavy atom. The molecule has 0 radical (unpaired) electrons. The van der Waals surface area contributed by atoms with E-state index in [1.807, 2.05) is 48.5 Å². The van der Waals surface area contributed by atoms with E-state index in [4.69, 9.17) is 17.2 Å². The van der Waals surface area contributed by atoms with Gasteiger partial charge >= 0.3 is 12.0 Å². The molecule has 2 aliphatic rings. The third-order valence-electron chi connectivity index (χ3n) is 9.95. The molecule has 282 valence electrons. The van der Waals surface area contributed by atoms with E-state index in [1.165, 1.54) is 34.1 Å². The minimum Gasteiger partial charge on any atom is -0.480 e. The lowest BCUT2D eigenvalue weighted by molar-refractivity contribution is -0.153. The molecule has 54 heavy (non-hydrogen) atoms. The summed E-state index contributed by atoms with van der Waals surface area (Å²) in [4.78, 5) is 77.4. The molecular formula is C38H42FN9O6. The summed E-state index contributed by atoms with van der Waals surface area (Å²) in [5, 5.41) is 16.7. The van der Waals surface area contributed by atoms with Crippen molar-refractivity contribution in [3.8, 4) is 0 Å². The lowest BCUT2D eigenvalue weighted by Crippen LogP contribution is -2.60. The number of carboxylic acid groups (broad SMARTS) is 1. The van der Waals surface area contributed by atoms with Crippen molar-refractivity contribution >= 4 is 46.6 Å². The van der Waals surface area contributed by atoms with E-state index < -0.39 is 59.7 Å². The first-order chi connectivity index (χ1) is 25.9. The van der Waals surface area contributed by atoms with Crippen LogP contribution in [0.25, 0.3) is 10.9 Å². The van der Waals surface area contributed by atoms with Crippen LogP contribution in [0.1, 0.15) is 40.8 Å². The number of aromatic nitrogens is 1. The number of rotatable bonds is 12. The second-order valence-corrected chi connectivity index (χ2v) is 13.5. The van der Waals surface area contributed by atoms with E-state index >= 15 is 0 Å². The van der Waals surface area contributed by atoms with Crippen LogP contribution in [0, 0.1) is 5.82 Å². The minimum atomic E-state index is -1.31. The van der Waals surface area contributed by atoms with Gasteiger partial charge in [0, 0.05) is 48.9 Å². The van der Waals surface area contributed by atoms with Crippen LogP contribution in [0.5, 0.6) is 0 Å². The van der Waals surface area contributed by atoms with Gasteiger partial charge in [0.1, 0.15) is 30.0 Å². The molecular weight excluding hydrogens is 697 g/mol. The monoisotopic (exact) mass is 739 g/mol. The van der Waals surface area contributed by atoms with Crippen molar-refractivity contribution in [2.75, 3.05) is 6.54 Å². The van der Waals surface area contributed by atoms with E-state index in [1.54, 1.807) is 0 Å². The SMILES string of the molecule is NC(=O)N1Cc2ccccc2C[C@H]1C(=O)N[C@H](Cc1ccc(F)cc1)C(=O)N[C@@H](CCCN=C(N)N)C(=O)N1Cc2[nH]c3ccccc3c2CC1C(=O)O. The van der Waals surface area contributed by atoms with Gasteiger partial charge in [0.2, 0.25) is 17.7 Å². The Bertz CT molecular complexity index is 2100. The molecule has 5 amide bonds. The predicted octanol–water partition coefficient (Wildman–Crippen LogP) is 1.42. The van der Waals surface area contributed by atoms with Crippen molar-refractivity contribution in [3.05, 3.63) is 107 Å². The number of aliphatic imine (C=N–C) groups is 1. The van der Waals surface area contributed by atoms with Gasteiger partial charge in [-0.05, 0) is 53.3 Å². The van der Waals surface area contributed by atoms with Crippen molar-refractivity contribution in [3.63, 3.8) is 0 Å². The maximum Gasteiger partial charge on any atom is 0.326 e. The highest BCUT2D eigenvalue weighted by atomic mass is 19.1. The summed E-state index contributed by atoms with van der Waals surface area (Å²) in [6, 6.07) is 14.5. The minimum absolute atomic E-state index is 0.0236. The average molecular weight is 740 g/mol. The zero-order valence-electron chi connectivity index (χ0n) is 29.3. The number of carboxylic acids is 1. The van der Waals surface area contributed by atoms with Crippen LogP contribution >= 0.6 is 0 Å². The Kier molecular flexibility index (Phi) is 11.1. The van der Waals surface area contributed by atoms with Gasteiger partial charge in [0.05, 0.1) is 6.54 Å². The molecule has 3 aromatic carbocycles. The fraction of sp³-hybridized carbons (Fsp3) is 0.316. The normalized spacial score (nSPS) is 17.4. The molecule has 1 unspecified atom stereocenters. The van der Waals surface area contributed by atoms with Gasteiger partial charge in [-0.3, -0.25) is 19.4 Å². The standard InChI is InChI=1S/C38H42FN9O6/c39-24-13-11-21(12-14-24)16-29(46-34(50)31-17-22-6-1-2-7-23(22)19-48(31)38(42)54)33(49)45-28(10-5-15-43-37(40)41)35(51)47-20-30-26(18-32(47)36(52)53)25-8-3-4-9-27(25)44-30/h1-4,6-9,11-14,28-29,31-32,44H,5,10,15-20H2,(H2,42,54)(H,45,49)(H,46,50)(H,52,53)(H4,40,41,43)/t28-,29+,31-,32?/m0/s1. The number of primary amides is 1. The zero-order valence-corrected chi connectivity index (χ0v) is 29.3. The Labute approximate surface area is 309 Å². The van der Waals surface area contributed by atoms with E-state index in [9.17, 15) is 33.5 Å². The molecule has 0 bridgehead atoms. The van der Waals surface area contributed by atoms with Gasteiger partial charge in [-0.1, -0.05) is 54.6 Å². The van der Waals surface area contributed by atoms with Crippen molar-refractivity contribution in [2.45, 2.75) is 69.4 Å². The number of carbonyl (C=O) groups excluding carboxylic acids is 4. The van der Waals surface area contributed by atoms with Gasteiger partial charge < -0.3 is 47.7 Å². The van der Waals surface area contributed by atoms with Gasteiger partial charge in [-0.25, -0.2) is 14.0 Å². The number of halogens is 1. The molecule has 4 atom stereocenters. The van der Waals surface area contributed by atoms with Crippen molar-refractivity contribution < 1.29 is 33.5 Å². The molecule has 6 rings (SSSR count). The molecule has 0 saturated carbocycles. The maximum atomic E-state index is 14.4. The molecule has 0 aliphatic carbocycles. The highest BCUT2D eigenvalue weighted by Gasteiger charge is 2.41. The third kappa shape index (κ3) is 8.27. The van der Waals surface area contributed by atoms with Crippen molar-refractivity contribution in [1.82, 2.24) is 25.4 Å². The first-order valence-corrected chi connectivity index (χ1v) is 17.5. The van der Waals surface area contributed by atoms with Crippen LogP contribution in [0.2, 0.25) is 0 Å². The number of nitrogens with zero attached hydrogens (tertiary/aromatic N) is 3. The Morgan fingerprint density at radius 2 is 1.56 bits per heavy atom. The number of para-hydroxylation sites is 1. The molecule has 0 spiro atoms. The molecule has 4 aromatic rings. The lowest BCUT2D eigenvalue weighted by Gasteiger charge is -2.36. The Hall–Kier alpha value is -6.45. The number of urea groups is 1. The summed E-state index contributed by atoms with van der Waals surface area (Å²) >= 11 is 0. The van der Waals surface area contributed by atoms with Crippen LogP contribution < -0.4 is 27.8 Å². The number of nitrogens with one attached hydrogen (secondary N) is 3. The van der Waals surface area contributed by atoms with Crippen molar-refractivity contribution in [2.24, 2.45) is 22.2 Å². The zero-order chi connectivity index (χ0) is 38.5. The molecule has 16 heteroatoms. The number of guanidine groups is 1. The third-order valence-corrected chi connectivity index (χ3v) is 9.95. The molecule has 0 fully saturated rings. The summed E-state index contributed by atoms with van der Waals surface area (Å²) in [6.07, 6.45) is 0.340. The van der Waals surface area contributed by atoms with Crippen LogP contribution in [0.3, 0.4) is 0 Å². The van der Waals surface area contributed by atoms with Crippen LogP contribution in [-0.4, -0.2) is 86.3 Å². The fourth-order valence-electron chi connectivity index (χ4n) is 7.22. The number of H-pyrrole nitrogens is 1. The van der Waals surface area contributed by atoms with E-state index in [-0.39, 0.29) is 57.7 Å². The smallest absolute Gasteiger partial charge is 0.326 e. The largest absolute Gasteiger partial charge is 0.480 e. The van der Waals surface area contributed by atoms with Crippen molar-refractivity contribution in [1.29, 1.82) is 0 Å². The number of carbonyl (C=O) groups is 5.